The molecule has 1 aliphatic heterocycles. The van der Waals surface area contributed by atoms with Crippen molar-refractivity contribution in [1.29, 1.82) is 0 Å². The Hall–Kier alpha value is -1.51. The van der Waals surface area contributed by atoms with Gasteiger partial charge in [0.05, 0.1) is 0 Å². The van der Waals surface area contributed by atoms with Gasteiger partial charge in [0.1, 0.15) is 6.61 Å². The smallest absolute Gasteiger partial charge is 0.410 e. The van der Waals surface area contributed by atoms with Crippen molar-refractivity contribution in [3.63, 3.8) is 0 Å². The van der Waals surface area contributed by atoms with Crippen LogP contribution in [0.3, 0.4) is 0 Å². The van der Waals surface area contributed by atoms with Crippen molar-refractivity contribution in [1.82, 2.24) is 4.90 Å². The van der Waals surface area contributed by atoms with Crippen LogP contribution in [0.5, 0.6) is 0 Å². The highest BCUT2D eigenvalue weighted by atomic mass is 16.6. The number of hydrogen-bond donors (Lipinski definition) is 0. The Morgan fingerprint density at radius 2 is 1.79 bits per heavy atom. The van der Waals surface area contributed by atoms with Gasteiger partial charge in [-0.05, 0) is 24.3 Å². The molecule has 3 heteroatoms. The van der Waals surface area contributed by atoms with Crippen molar-refractivity contribution >= 4 is 6.09 Å². The standard InChI is InChI=1S/C14H19NO2.C2H6/c1-12-7-9-15(10-8-12)14(16)17-11-13-5-3-2-4-6-13;1-2/h2-6,12H,7-11H2,1H3;1-2H3. The molecular weight excluding hydrogens is 238 g/mol. The van der Waals surface area contributed by atoms with E-state index in [1.807, 2.05) is 49.1 Å². The number of carbonyl (C=O) groups is 1. The van der Waals surface area contributed by atoms with Gasteiger partial charge in [-0.25, -0.2) is 4.79 Å². The summed E-state index contributed by atoms with van der Waals surface area (Å²) in [5.41, 5.74) is 1.03. The van der Waals surface area contributed by atoms with Crippen molar-refractivity contribution in [2.24, 2.45) is 5.92 Å². The molecule has 0 unspecified atom stereocenters. The summed E-state index contributed by atoms with van der Waals surface area (Å²) in [5.74, 6) is 0.730. The summed E-state index contributed by atoms with van der Waals surface area (Å²) in [6, 6.07) is 9.78. The summed E-state index contributed by atoms with van der Waals surface area (Å²) >= 11 is 0. The molecule has 0 atom stereocenters. The average Bonchev–Trinajstić information content (AvgIpc) is 2.49. The monoisotopic (exact) mass is 263 g/mol. The number of rotatable bonds is 2. The van der Waals surface area contributed by atoms with Gasteiger partial charge in [-0.15, -0.1) is 0 Å². The highest BCUT2D eigenvalue weighted by Gasteiger charge is 2.21. The van der Waals surface area contributed by atoms with Crippen LogP contribution in [0.25, 0.3) is 0 Å². The van der Waals surface area contributed by atoms with Gasteiger partial charge < -0.3 is 9.64 Å². The number of likely N-dealkylation sites (tertiary alicyclic amines) is 1. The summed E-state index contributed by atoms with van der Waals surface area (Å²) in [4.78, 5) is 13.6. The Kier molecular flexibility index (Phi) is 7.01. The first-order valence-corrected chi connectivity index (χ1v) is 7.21. The molecule has 1 aliphatic rings. The Balaban J connectivity index is 0.000000861. The minimum Gasteiger partial charge on any atom is -0.445 e. The molecule has 0 saturated carbocycles. The lowest BCUT2D eigenvalue weighted by molar-refractivity contribution is 0.0837. The molecule has 1 saturated heterocycles. The lowest BCUT2D eigenvalue weighted by atomic mass is 10.00. The fourth-order valence-electron chi connectivity index (χ4n) is 2.00. The predicted molar refractivity (Wildman–Crippen MR) is 77.9 cm³/mol. The molecule has 1 aromatic rings. The molecule has 0 radical (unpaired) electrons. The first-order valence-electron chi connectivity index (χ1n) is 7.21. The number of benzene rings is 1. The van der Waals surface area contributed by atoms with Gasteiger partial charge in [-0.3, -0.25) is 0 Å². The number of hydrogen-bond acceptors (Lipinski definition) is 2. The molecule has 2 rings (SSSR count). The normalized spacial score (nSPS) is 15.4. The zero-order valence-corrected chi connectivity index (χ0v) is 12.3. The van der Waals surface area contributed by atoms with E-state index in [0.29, 0.717) is 6.61 Å². The zero-order chi connectivity index (χ0) is 14.1. The summed E-state index contributed by atoms with van der Waals surface area (Å²) in [7, 11) is 0. The van der Waals surface area contributed by atoms with Crippen LogP contribution in [-0.2, 0) is 11.3 Å². The van der Waals surface area contributed by atoms with E-state index in [1.54, 1.807) is 0 Å². The summed E-state index contributed by atoms with van der Waals surface area (Å²) in [6.07, 6.45) is 1.99. The van der Waals surface area contributed by atoms with Gasteiger partial charge in [0, 0.05) is 13.1 Å². The number of amides is 1. The maximum atomic E-state index is 11.8. The third kappa shape index (κ3) is 5.33. The summed E-state index contributed by atoms with van der Waals surface area (Å²) in [6.45, 7) is 8.25. The van der Waals surface area contributed by atoms with Crippen LogP contribution >= 0.6 is 0 Å². The summed E-state index contributed by atoms with van der Waals surface area (Å²) < 4.78 is 5.29. The van der Waals surface area contributed by atoms with Crippen LogP contribution in [0.15, 0.2) is 30.3 Å². The second kappa shape index (κ2) is 8.57. The Morgan fingerprint density at radius 1 is 1.21 bits per heavy atom. The van der Waals surface area contributed by atoms with E-state index < -0.39 is 0 Å². The molecule has 3 nitrogen and oxygen atoms in total. The quantitative estimate of drug-likeness (QED) is 0.804. The van der Waals surface area contributed by atoms with E-state index in [1.165, 1.54) is 0 Å². The Morgan fingerprint density at radius 3 is 2.37 bits per heavy atom. The largest absolute Gasteiger partial charge is 0.445 e. The van der Waals surface area contributed by atoms with Crippen LogP contribution in [0.1, 0.15) is 39.2 Å². The lowest BCUT2D eigenvalue weighted by Gasteiger charge is -2.29. The number of piperidine rings is 1. The first kappa shape index (κ1) is 15.5. The molecule has 1 amide bonds. The van der Waals surface area contributed by atoms with Crippen molar-refractivity contribution in [2.45, 2.75) is 40.2 Å². The third-order valence-electron chi connectivity index (χ3n) is 3.25. The van der Waals surface area contributed by atoms with Gasteiger partial charge in [0.2, 0.25) is 0 Å². The highest BCUT2D eigenvalue weighted by Crippen LogP contribution is 2.16. The van der Waals surface area contributed by atoms with Gasteiger partial charge in [0.25, 0.3) is 0 Å². The molecular formula is C16H25NO2. The number of nitrogens with zero attached hydrogens (tertiary/aromatic N) is 1. The minimum atomic E-state index is -0.180. The molecule has 19 heavy (non-hydrogen) atoms. The van der Waals surface area contributed by atoms with Crippen molar-refractivity contribution < 1.29 is 9.53 Å². The van der Waals surface area contributed by atoms with Crippen molar-refractivity contribution in [3.8, 4) is 0 Å². The first-order chi connectivity index (χ1) is 9.25. The minimum absolute atomic E-state index is 0.180. The maximum absolute atomic E-state index is 11.8. The molecule has 0 spiro atoms. The van der Waals surface area contributed by atoms with E-state index >= 15 is 0 Å². The van der Waals surface area contributed by atoms with Gasteiger partial charge >= 0.3 is 6.09 Å². The van der Waals surface area contributed by atoms with Gasteiger partial charge in [0.15, 0.2) is 0 Å². The van der Waals surface area contributed by atoms with E-state index in [-0.39, 0.29) is 6.09 Å². The molecule has 1 fully saturated rings. The number of carbonyl (C=O) groups excluding carboxylic acids is 1. The molecule has 0 aromatic heterocycles. The SMILES string of the molecule is CC.CC1CCN(C(=O)OCc2ccccc2)CC1. The van der Waals surface area contributed by atoms with Crippen LogP contribution < -0.4 is 0 Å². The highest BCUT2D eigenvalue weighted by molar-refractivity contribution is 5.67. The fraction of sp³-hybridized carbons (Fsp3) is 0.562. The van der Waals surface area contributed by atoms with E-state index in [0.717, 1.165) is 37.4 Å². The van der Waals surface area contributed by atoms with Crippen LogP contribution in [0.4, 0.5) is 4.79 Å². The van der Waals surface area contributed by atoms with E-state index in [9.17, 15) is 4.79 Å². The lowest BCUT2D eigenvalue weighted by Crippen LogP contribution is -2.38. The molecule has 106 valence electrons. The van der Waals surface area contributed by atoms with Gasteiger partial charge in [-0.1, -0.05) is 51.1 Å². The van der Waals surface area contributed by atoms with Crippen LogP contribution in [-0.4, -0.2) is 24.1 Å². The van der Waals surface area contributed by atoms with Crippen molar-refractivity contribution in [2.75, 3.05) is 13.1 Å². The molecule has 0 bridgehead atoms. The van der Waals surface area contributed by atoms with Gasteiger partial charge in [-0.2, -0.15) is 0 Å². The second-order valence-electron chi connectivity index (χ2n) is 4.71. The maximum Gasteiger partial charge on any atom is 0.410 e. The van der Waals surface area contributed by atoms with E-state index in [4.69, 9.17) is 4.74 Å². The molecule has 0 aliphatic carbocycles. The van der Waals surface area contributed by atoms with Crippen molar-refractivity contribution in [3.05, 3.63) is 35.9 Å². The Bertz CT molecular complexity index is 356. The van der Waals surface area contributed by atoms with E-state index in [2.05, 4.69) is 6.92 Å². The fourth-order valence-corrected chi connectivity index (χ4v) is 2.00. The van der Waals surface area contributed by atoms with Crippen LogP contribution in [0, 0.1) is 5.92 Å². The second-order valence-corrected chi connectivity index (χ2v) is 4.71. The zero-order valence-electron chi connectivity index (χ0n) is 12.3. The molecule has 1 aromatic carbocycles. The molecule has 0 N–H and O–H groups in total. The Labute approximate surface area is 116 Å². The van der Waals surface area contributed by atoms with Crippen LogP contribution in [0.2, 0.25) is 0 Å². The third-order valence-corrected chi connectivity index (χ3v) is 3.25. The number of ether oxygens (including phenoxy) is 1. The average molecular weight is 263 g/mol. The molecule has 1 heterocycles. The topological polar surface area (TPSA) is 29.5 Å². The summed E-state index contributed by atoms with van der Waals surface area (Å²) in [5, 5.41) is 0. The predicted octanol–water partition coefficient (Wildman–Crippen LogP) is 4.08.